The first kappa shape index (κ1) is 21.1. The molecule has 9 heteroatoms. The van der Waals surface area contributed by atoms with E-state index in [-0.39, 0.29) is 12.5 Å². The van der Waals surface area contributed by atoms with Gasteiger partial charge < -0.3 is 10.2 Å². The molecule has 156 valence electrons. The number of anilines is 1. The van der Waals surface area contributed by atoms with Crippen LogP contribution in [0.2, 0.25) is 0 Å². The van der Waals surface area contributed by atoms with Crippen molar-refractivity contribution in [1.82, 2.24) is 25.2 Å². The van der Waals surface area contributed by atoms with Crippen LogP contribution in [0.4, 0.5) is 5.82 Å². The maximum absolute atomic E-state index is 12.0. The maximum atomic E-state index is 12.0. The van der Waals surface area contributed by atoms with Crippen LogP contribution in [0.5, 0.6) is 0 Å². The van der Waals surface area contributed by atoms with Crippen molar-refractivity contribution in [3.05, 3.63) is 65.6 Å². The lowest BCUT2D eigenvalue weighted by molar-refractivity contribution is -0.116. The third kappa shape index (κ3) is 5.94. The number of unbranched alkanes of at least 4 members (excludes halogenated alkanes) is 2. The van der Waals surface area contributed by atoms with Crippen LogP contribution in [0, 0.1) is 0 Å². The van der Waals surface area contributed by atoms with Gasteiger partial charge in [-0.2, -0.15) is 0 Å². The number of aryl methyl sites for hydroxylation is 1. The molecule has 0 fully saturated rings. The number of nitrogens with zero attached hydrogens (tertiary/aromatic N) is 6. The average Bonchev–Trinajstić information content (AvgIpc) is 3.18. The number of benzene rings is 1. The van der Waals surface area contributed by atoms with Gasteiger partial charge in [0.25, 0.3) is 0 Å². The van der Waals surface area contributed by atoms with Gasteiger partial charge in [-0.15, -0.1) is 5.10 Å². The van der Waals surface area contributed by atoms with E-state index in [2.05, 4.69) is 37.9 Å². The van der Waals surface area contributed by atoms with Crippen molar-refractivity contribution >= 4 is 17.4 Å². The number of nitrogens with one attached hydrogen (secondary N) is 1. The lowest BCUT2D eigenvalue weighted by Gasteiger charge is -2.07. The molecule has 1 N–H and O–H groups in total. The summed E-state index contributed by atoms with van der Waals surface area (Å²) in [4.78, 5) is 22.0. The molecular formula is C21H25N7O2. The minimum Gasteiger partial charge on any atom is -0.389 e. The minimum absolute atomic E-state index is 0.0341. The van der Waals surface area contributed by atoms with Crippen molar-refractivity contribution in [1.29, 1.82) is 0 Å². The van der Waals surface area contributed by atoms with E-state index in [1.54, 1.807) is 13.1 Å². The number of tetrazole rings is 1. The molecule has 3 aromatic rings. The molecule has 0 unspecified atom stereocenters. The van der Waals surface area contributed by atoms with Crippen LogP contribution in [0.25, 0.3) is 0 Å². The molecule has 3 rings (SSSR count). The lowest BCUT2D eigenvalue weighted by Crippen LogP contribution is -2.13. The number of rotatable bonds is 10. The second-order valence-electron chi connectivity index (χ2n) is 6.72. The monoisotopic (exact) mass is 407 g/mol. The van der Waals surface area contributed by atoms with E-state index in [0.29, 0.717) is 29.5 Å². The van der Waals surface area contributed by atoms with Crippen LogP contribution in [0.1, 0.15) is 49.7 Å². The highest BCUT2D eigenvalue weighted by Gasteiger charge is 2.14. The van der Waals surface area contributed by atoms with Crippen molar-refractivity contribution in [2.75, 3.05) is 5.32 Å². The third-order valence-corrected chi connectivity index (χ3v) is 4.33. The van der Waals surface area contributed by atoms with Gasteiger partial charge in [-0.3, -0.25) is 4.79 Å². The fourth-order valence-electron chi connectivity index (χ4n) is 2.78. The molecule has 1 amide bonds. The summed E-state index contributed by atoms with van der Waals surface area (Å²) in [7, 11) is 1.74. The van der Waals surface area contributed by atoms with E-state index in [1.807, 2.05) is 42.5 Å². The van der Waals surface area contributed by atoms with Gasteiger partial charge in [0.1, 0.15) is 5.82 Å². The molecule has 30 heavy (non-hydrogen) atoms. The van der Waals surface area contributed by atoms with Gasteiger partial charge in [-0.25, -0.2) is 9.67 Å². The molecule has 1 aromatic carbocycles. The Bertz CT molecular complexity index is 986. The summed E-state index contributed by atoms with van der Waals surface area (Å²) < 4.78 is 1.53. The van der Waals surface area contributed by atoms with Crippen LogP contribution >= 0.6 is 0 Å². The molecular weight excluding hydrogens is 382 g/mol. The number of carbonyl (C=O) groups is 1. The standard InChI is InChI=1S/C21H25N7O2/c1-3-4-6-14-19(29)23-18-13-9-12-17(22-18)15-30-25-20(16-10-7-5-8-11-16)21-24-26-27-28(21)2/h5,7-13H,3-4,6,14-15H2,1-2H3,(H,22,23,29). The van der Waals surface area contributed by atoms with Crippen LogP contribution in [-0.2, 0) is 23.3 Å². The predicted octanol–water partition coefficient (Wildman–Crippen LogP) is 3.09. The summed E-state index contributed by atoms with van der Waals surface area (Å²) in [6.45, 7) is 2.25. The number of pyridine rings is 1. The van der Waals surface area contributed by atoms with E-state index in [9.17, 15) is 4.79 Å². The van der Waals surface area contributed by atoms with E-state index in [0.717, 1.165) is 24.8 Å². The highest BCUT2D eigenvalue weighted by Crippen LogP contribution is 2.11. The van der Waals surface area contributed by atoms with Gasteiger partial charge in [-0.05, 0) is 29.0 Å². The molecule has 0 spiro atoms. The van der Waals surface area contributed by atoms with Crippen molar-refractivity contribution < 1.29 is 9.63 Å². The Kier molecular flexibility index (Phi) is 7.59. The van der Waals surface area contributed by atoms with Gasteiger partial charge in [0.2, 0.25) is 11.7 Å². The quantitative estimate of drug-likeness (QED) is 0.314. The molecule has 0 bridgehead atoms. The summed E-state index contributed by atoms with van der Waals surface area (Å²) in [5.74, 6) is 0.956. The Morgan fingerprint density at radius 2 is 1.97 bits per heavy atom. The van der Waals surface area contributed by atoms with Crippen LogP contribution in [0.15, 0.2) is 53.7 Å². The van der Waals surface area contributed by atoms with Gasteiger partial charge in [-0.1, -0.05) is 61.3 Å². The third-order valence-electron chi connectivity index (χ3n) is 4.33. The van der Waals surface area contributed by atoms with Gasteiger partial charge in [0.15, 0.2) is 12.3 Å². The van der Waals surface area contributed by atoms with Crippen molar-refractivity contribution in [3.8, 4) is 0 Å². The Morgan fingerprint density at radius 3 is 2.70 bits per heavy atom. The second kappa shape index (κ2) is 10.8. The number of hydrogen-bond acceptors (Lipinski definition) is 7. The van der Waals surface area contributed by atoms with E-state index >= 15 is 0 Å². The summed E-state index contributed by atoms with van der Waals surface area (Å²) in [6.07, 6.45) is 3.48. The molecule has 0 saturated heterocycles. The summed E-state index contributed by atoms with van der Waals surface area (Å²) in [5, 5.41) is 18.6. The Labute approximate surface area is 175 Å². The molecule has 2 aromatic heterocycles. The summed E-state index contributed by atoms with van der Waals surface area (Å²) >= 11 is 0. The zero-order chi connectivity index (χ0) is 21.2. The van der Waals surface area contributed by atoms with Crippen LogP contribution in [0.3, 0.4) is 0 Å². The Morgan fingerprint density at radius 1 is 1.13 bits per heavy atom. The molecule has 0 atom stereocenters. The Balaban J connectivity index is 1.67. The SMILES string of the molecule is CCCCCC(=O)Nc1cccc(CON=C(c2ccccc2)c2nnnn2C)n1. The zero-order valence-corrected chi connectivity index (χ0v) is 17.2. The minimum atomic E-state index is -0.0341. The lowest BCUT2D eigenvalue weighted by atomic mass is 10.1. The molecule has 2 heterocycles. The van der Waals surface area contributed by atoms with E-state index in [1.165, 1.54) is 4.68 Å². The fourth-order valence-corrected chi connectivity index (χ4v) is 2.78. The largest absolute Gasteiger partial charge is 0.389 e. The van der Waals surface area contributed by atoms with E-state index in [4.69, 9.17) is 4.84 Å². The van der Waals surface area contributed by atoms with Crippen molar-refractivity contribution in [2.45, 2.75) is 39.2 Å². The maximum Gasteiger partial charge on any atom is 0.225 e. The molecule has 0 aliphatic carbocycles. The number of carbonyl (C=O) groups excluding carboxylic acids is 1. The molecule has 0 radical (unpaired) electrons. The van der Waals surface area contributed by atoms with Gasteiger partial charge >= 0.3 is 0 Å². The second-order valence-corrected chi connectivity index (χ2v) is 6.72. The molecule has 0 saturated carbocycles. The van der Waals surface area contributed by atoms with Gasteiger partial charge in [0, 0.05) is 19.0 Å². The zero-order valence-electron chi connectivity index (χ0n) is 17.2. The number of hydrogen-bond donors (Lipinski definition) is 1. The van der Waals surface area contributed by atoms with Crippen LogP contribution < -0.4 is 5.32 Å². The van der Waals surface area contributed by atoms with Crippen LogP contribution in [-0.4, -0.2) is 36.8 Å². The first-order valence-electron chi connectivity index (χ1n) is 9.91. The summed E-state index contributed by atoms with van der Waals surface area (Å²) in [6, 6.07) is 14.9. The summed E-state index contributed by atoms with van der Waals surface area (Å²) in [5.41, 5.74) is 1.99. The highest BCUT2D eigenvalue weighted by atomic mass is 16.6. The number of aromatic nitrogens is 5. The van der Waals surface area contributed by atoms with Crippen molar-refractivity contribution in [3.63, 3.8) is 0 Å². The smallest absolute Gasteiger partial charge is 0.225 e. The highest BCUT2D eigenvalue weighted by molar-refractivity contribution is 6.10. The molecule has 0 aliphatic rings. The van der Waals surface area contributed by atoms with Crippen molar-refractivity contribution in [2.24, 2.45) is 12.2 Å². The first-order valence-corrected chi connectivity index (χ1v) is 9.91. The number of oxime groups is 1. The fraction of sp³-hybridized carbons (Fsp3) is 0.333. The Hall–Kier alpha value is -3.62. The number of amides is 1. The normalized spacial score (nSPS) is 11.3. The predicted molar refractivity (Wildman–Crippen MR) is 113 cm³/mol. The van der Waals surface area contributed by atoms with E-state index < -0.39 is 0 Å². The molecule has 9 nitrogen and oxygen atoms in total. The molecule has 0 aliphatic heterocycles. The average molecular weight is 407 g/mol. The topological polar surface area (TPSA) is 107 Å². The first-order chi connectivity index (χ1) is 14.7. The van der Waals surface area contributed by atoms with Gasteiger partial charge in [0.05, 0.1) is 5.69 Å².